The number of pyridine rings is 1. The number of benzene rings is 2. The molecule has 252 valence electrons. The minimum absolute atomic E-state index is 0.158. The number of methoxy groups -OCH3 is 1. The number of likely N-dealkylation sites (tertiary alicyclic amines) is 1. The summed E-state index contributed by atoms with van der Waals surface area (Å²) in [6, 6.07) is 16.1. The number of nitrogens with zero attached hydrogens (tertiary/aromatic N) is 6. The van der Waals surface area contributed by atoms with Gasteiger partial charge in [0.05, 0.1) is 18.3 Å². The SMILES string of the molecule is C=C/C(=C1/NC(N2CCC(OC)CC2)=NC(=NCc2ccccc2-c2nccc3cc(NC(=O)/C=C/CN(C)C)ccc23)N1C)C(C)C. The highest BCUT2D eigenvalue weighted by Gasteiger charge is 2.29. The predicted molar refractivity (Wildman–Crippen MR) is 197 cm³/mol. The molecule has 48 heavy (non-hydrogen) atoms. The smallest absolute Gasteiger partial charge is 0.248 e. The number of aromatic nitrogens is 1. The molecule has 0 spiro atoms. The highest BCUT2D eigenvalue weighted by atomic mass is 16.5. The number of carbonyl (C=O) groups is 1. The lowest BCUT2D eigenvalue weighted by Crippen LogP contribution is -2.53. The van der Waals surface area contributed by atoms with Crippen molar-refractivity contribution in [2.75, 3.05) is 53.2 Å². The zero-order valence-electron chi connectivity index (χ0n) is 29.0. The van der Waals surface area contributed by atoms with Crippen molar-refractivity contribution in [2.24, 2.45) is 15.9 Å². The minimum Gasteiger partial charge on any atom is -0.381 e. The molecule has 3 heterocycles. The second kappa shape index (κ2) is 15.9. The summed E-state index contributed by atoms with van der Waals surface area (Å²) in [4.78, 5) is 33.7. The second-order valence-electron chi connectivity index (χ2n) is 12.7. The molecule has 2 N–H and O–H groups in total. The maximum absolute atomic E-state index is 12.5. The number of fused-ring (bicyclic) bond motifs is 1. The number of hydrogen-bond donors (Lipinski definition) is 2. The summed E-state index contributed by atoms with van der Waals surface area (Å²) in [6.45, 7) is 11.3. The third-order valence-corrected chi connectivity index (χ3v) is 8.70. The highest BCUT2D eigenvalue weighted by molar-refractivity contribution is 6.03. The van der Waals surface area contributed by atoms with Crippen molar-refractivity contribution in [3.05, 3.63) is 96.5 Å². The Bertz CT molecular complexity index is 1750. The summed E-state index contributed by atoms with van der Waals surface area (Å²) < 4.78 is 5.61. The first-order valence-corrected chi connectivity index (χ1v) is 16.6. The molecule has 1 saturated heterocycles. The molecule has 0 aliphatic carbocycles. The van der Waals surface area contributed by atoms with Gasteiger partial charge in [0, 0.05) is 62.7 Å². The van der Waals surface area contributed by atoms with Gasteiger partial charge in [-0.3, -0.25) is 14.7 Å². The van der Waals surface area contributed by atoms with Crippen LogP contribution in [0.3, 0.4) is 0 Å². The van der Waals surface area contributed by atoms with E-state index in [1.54, 1.807) is 13.2 Å². The van der Waals surface area contributed by atoms with E-state index < -0.39 is 0 Å². The molecule has 1 amide bonds. The van der Waals surface area contributed by atoms with Gasteiger partial charge in [0.1, 0.15) is 5.82 Å². The molecule has 1 fully saturated rings. The molecule has 0 radical (unpaired) electrons. The van der Waals surface area contributed by atoms with E-state index >= 15 is 0 Å². The van der Waals surface area contributed by atoms with Crippen LogP contribution in [0.2, 0.25) is 0 Å². The molecule has 0 unspecified atom stereocenters. The average Bonchev–Trinajstić information content (AvgIpc) is 3.08. The minimum atomic E-state index is -0.158. The quantitative estimate of drug-likeness (QED) is 0.266. The number of amides is 1. The maximum atomic E-state index is 12.5. The third kappa shape index (κ3) is 8.18. The van der Waals surface area contributed by atoms with Gasteiger partial charge in [-0.2, -0.15) is 4.99 Å². The summed E-state index contributed by atoms with van der Waals surface area (Å²) in [5, 5.41) is 8.55. The van der Waals surface area contributed by atoms with Crippen LogP contribution in [0.4, 0.5) is 5.69 Å². The lowest BCUT2D eigenvalue weighted by Gasteiger charge is -2.38. The van der Waals surface area contributed by atoms with Crippen LogP contribution in [0.5, 0.6) is 0 Å². The van der Waals surface area contributed by atoms with Crippen LogP contribution in [0.15, 0.2) is 101 Å². The topological polar surface area (TPSA) is 97.7 Å². The van der Waals surface area contributed by atoms with Crippen LogP contribution in [0.25, 0.3) is 22.0 Å². The Hall–Kier alpha value is -4.80. The number of piperidine rings is 1. The van der Waals surface area contributed by atoms with Crippen molar-refractivity contribution >= 4 is 34.3 Å². The Morgan fingerprint density at radius 1 is 1.19 bits per heavy atom. The molecule has 2 aliphatic rings. The normalized spacial score (nSPS) is 17.8. The fourth-order valence-corrected chi connectivity index (χ4v) is 6.02. The lowest BCUT2D eigenvalue weighted by atomic mass is 9.99. The summed E-state index contributed by atoms with van der Waals surface area (Å²) in [5.41, 5.74) is 4.74. The molecule has 10 nitrogen and oxygen atoms in total. The Balaban J connectivity index is 1.45. The lowest BCUT2D eigenvalue weighted by molar-refractivity contribution is -0.111. The Morgan fingerprint density at radius 2 is 1.96 bits per heavy atom. The van der Waals surface area contributed by atoms with Gasteiger partial charge in [-0.1, -0.05) is 62.9 Å². The number of anilines is 1. The zero-order chi connectivity index (χ0) is 34.2. The van der Waals surface area contributed by atoms with Crippen molar-refractivity contribution in [3.8, 4) is 11.3 Å². The standard InChI is InChI=1S/C38H48N8O2/c1-8-31(26(2)3)36-42-38(46-22-18-30(48-7)19-23-46)43-37(45(36)6)40-25-28-12-9-10-13-32(28)35-33-16-15-29(24-27(33)17-20-39-35)41-34(47)14-11-21-44(4)5/h8-17,20,24,26,30H,1,18-19,21-23,25H2,2-7H3,(H,41,47)(H,40,42,43)/b14-11+,36-31+. The van der Waals surface area contributed by atoms with E-state index in [0.717, 1.165) is 76.6 Å². The Kier molecular flexibility index (Phi) is 11.4. The Labute approximate surface area is 284 Å². The molecule has 0 bridgehead atoms. The summed E-state index contributed by atoms with van der Waals surface area (Å²) in [6.07, 6.45) is 9.31. The van der Waals surface area contributed by atoms with E-state index in [4.69, 9.17) is 19.7 Å². The number of guanidine groups is 2. The van der Waals surface area contributed by atoms with Gasteiger partial charge in [0.2, 0.25) is 17.8 Å². The predicted octanol–water partition coefficient (Wildman–Crippen LogP) is 5.87. The number of rotatable bonds is 10. The summed E-state index contributed by atoms with van der Waals surface area (Å²) in [7, 11) is 7.71. The fourth-order valence-electron chi connectivity index (χ4n) is 6.02. The van der Waals surface area contributed by atoms with Crippen molar-refractivity contribution < 1.29 is 9.53 Å². The molecule has 2 aliphatic heterocycles. The number of likely N-dealkylation sites (N-methyl/N-ethyl adjacent to an activating group) is 1. The van der Waals surface area contributed by atoms with Crippen molar-refractivity contribution in [1.82, 2.24) is 25.0 Å². The van der Waals surface area contributed by atoms with Crippen LogP contribution in [0, 0.1) is 5.92 Å². The van der Waals surface area contributed by atoms with E-state index in [1.807, 2.05) is 85.7 Å². The van der Waals surface area contributed by atoms with Gasteiger partial charge < -0.3 is 25.2 Å². The van der Waals surface area contributed by atoms with E-state index in [-0.39, 0.29) is 17.9 Å². The van der Waals surface area contributed by atoms with Crippen LogP contribution >= 0.6 is 0 Å². The number of ether oxygens (including phenoxy) is 1. The van der Waals surface area contributed by atoms with Gasteiger partial charge in [-0.15, -0.1) is 0 Å². The number of carbonyl (C=O) groups excluding carboxylic acids is 1. The number of hydrogen-bond acceptors (Lipinski definition) is 7. The molecule has 2 aromatic carbocycles. The van der Waals surface area contributed by atoms with Crippen LogP contribution in [0.1, 0.15) is 32.3 Å². The fraction of sp³-hybridized carbons (Fsp3) is 0.368. The van der Waals surface area contributed by atoms with Crippen LogP contribution in [-0.2, 0) is 16.1 Å². The first-order valence-electron chi connectivity index (χ1n) is 16.6. The van der Waals surface area contributed by atoms with Gasteiger partial charge in [-0.25, -0.2) is 4.99 Å². The van der Waals surface area contributed by atoms with E-state index in [0.29, 0.717) is 19.0 Å². The summed E-state index contributed by atoms with van der Waals surface area (Å²) >= 11 is 0. The van der Waals surface area contributed by atoms with Crippen molar-refractivity contribution in [2.45, 2.75) is 39.3 Å². The van der Waals surface area contributed by atoms with Crippen LogP contribution in [-0.4, -0.2) is 91.5 Å². The molecule has 0 atom stereocenters. The average molecular weight is 649 g/mol. The summed E-state index contributed by atoms with van der Waals surface area (Å²) in [5.74, 6) is 2.48. The molecular formula is C38H48N8O2. The monoisotopic (exact) mass is 648 g/mol. The van der Waals surface area contributed by atoms with Gasteiger partial charge in [0.25, 0.3) is 0 Å². The van der Waals surface area contributed by atoms with E-state index in [9.17, 15) is 4.79 Å². The largest absolute Gasteiger partial charge is 0.381 e. The first-order chi connectivity index (χ1) is 23.2. The maximum Gasteiger partial charge on any atom is 0.248 e. The van der Waals surface area contributed by atoms with Crippen molar-refractivity contribution in [3.63, 3.8) is 0 Å². The molecule has 5 rings (SSSR count). The molecular weight excluding hydrogens is 600 g/mol. The van der Waals surface area contributed by atoms with E-state index in [1.165, 1.54) is 0 Å². The molecule has 0 saturated carbocycles. The Morgan fingerprint density at radius 3 is 2.67 bits per heavy atom. The van der Waals surface area contributed by atoms with Gasteiger partial charge in [0.15, 0.2) is 0 Å². The first kappa shape index (κ1) is 34.5. The van der Waals surface area contributed by atoms with Crippen molar-refractivity contribution in [1.29, 1.82) is 0 Å². The molecule has 3 aromatic rings. The zero-order valence-corrected chi connectivity index (χ0v) is 29.0. The van der Waals surface area contributed by atoms with E-state index in [2.05, 4.69) is 48.1 Å². The van der Waals surface area contributed by atoms with Gasteiger partial charge >= 0.3 is 0 Å². The van der Waals surface area contributed by atoms with Gasteiger partial charge in [-0.05, 0) is 67.6 Å². The molecule has 1 aromatic heterocycles. The number of aliphatic imine (C=N–C) groups is 2. The second-order valence-corrected chi connectivity index (χ2v) is 12.7. The highest BCUT2D eigenvalue weighted by Crippen LogP contribution is 2.31. The van der Waals surface area contributed by atoms with Crippen LogP contribution < -0.4 is 10.6 Å². The molecule has 10 heteroatoms. The third-order valence-electron chi connectivity index (χ3n) is 8.70. The number of nitrogens with one attached hydrogen (secondary N) is 2. The number of allylic oxidation sites excluding steroid dienone is 2.